The van der Waals surface area contributed by atoms with Crippen molar-refractivity contribution in [2.75, 3.05) is 6.61 Å². The third-order valence-corrected chi connectivity index (χ3v) is 2.93. The second-order valence-corrected chi connectivity index (χ2v) is 4.13. The molecule has 14 heavy (non-hydrogen) atoms. The second-order valence-electron chi connectivity index (χ2n) is 3.02. The van der Waals surface area contributed by atoms with Crippen LogP contribution in [0.4, 0.5) is 0 Å². The van der Waals surface area contributed by atoms with Crippen LogP contribution < -0.4 is 0 Å². The van der Waals surface area contributed by atoms with Crippen LogP contribution in [0.15, 0.2) is 22.7 Å². The van der Waals surface area contributed by atoms with Crippen molar-refractivity contribution >= 4 is 11.3 Å². The summed E-state index contributed by atoms with van der Waals surface area (Å²) in [6, 6.07) is 3.83. The van der Waals surface area contributed by atoms with E-state index in [9.17, 15) is 0 Å². The molecule has 74 valence electrons. The Bertz CT molecular complexity index is 419. The highest BCUT2D eigenvalue weighted by atomic mass is 32.1. The maximum Gasteiger partial charge on any atom is 0.162 e. The zero-order valence-electron chi connectivity index (χ0n) is 7.86. The first kappa shape index (κ1) is 9.43. The summed E-state index contributed by atoms with van der Waals surface area (Å²) in [5.74, 6) is 1.69. The number of thiazole rings is 1. The first-order chi connectivity index (χ1) is 6.79. The summed E-state index contributed by atoms with van der Waals surface area (Å²) in [6.07, 6.45) is 2.45. The van der Waals surface area contributed by atoms with Crippen LogP contribution in [0, 0.1) is 6.92 Å². The number of aromatic nitrogens is 1. The molecule has 2 aromatic heterocycles. The third kappa shape index (κ3) is 1.86. The molecule has 2 rings (SSSR count). The van der Waals surface area contributed by atoms with Gasteiger partial charge < -0.3 is 9.52 Å². The smallest absolute Gasteiger partial charge is 0.162 e. The number of hydrogen-bond donors (Lipinski definition) is 1. The van der Waals surface area contributed by atoms with E-state index in [-0.39, 0.29) is 6.61 Å². The molecule has 0 aliphatic heterocycles. The van der Waals surface area contributed by atoms with Gasteiger partial charge in [-0.15, -0.1) is 11.3 Å². The number of furan rings is 1. The van der Waals surface area contributed by atoms with Gasteiger partial charge >= 0.3 is 0 Å². The molecule has 1 N–H and O–H groups in total. The van der Waals surface area contributed by atoms with Crippen LogP contribution in [-0.2, 0) is 6.42 Å². The van der Waals surface area contributed by atoms with E-state index < -0.39 is 0 Å². The lowest BCUT2D eigenvalue weighted by molar-refractivity contribution is 0.300. The molecule has 0 aliphatic carbocycles. The fourth-order valence-corrected chi connectivity index (χ4v) is 2.06. The van der Waals surface area contributed by atoms with Crippen molar-refractivity contribution in [3.63, 3.8) is 0 Å². The largest absolute Gasteiger partial charge is 0.459 e. The Morgan fingerprint density at radius 3 is 3.00 bits per heavy atom. The van der Waals surface area contributed by atoms with Gasteiger partial charge in [0.25, 0.3) is 0 Å². The summed E-state index contributed by atoms with van der Waals surface area (Å²) in [5.41, 5.74) is 0. The van der Waals surface area contributed by atoms with Gasteiger partial charge in [-0.3, -0.25) is 0 Å². The van der Waals surface area contributed by atoms with E-state index in [0.29, 0.717) is 6.42 Å². The number of nitrogens with zero attached hydrogens (tertiary/aromatic N) is 1. The van der Waals surface area contributed by atoms with Crippen molar-refractivity contribution in [2.45, 2.75) is 13.3 Å². The summed E-state index contributed by atoms with van der Waals surface area (Å²) >= 11 is 1.56. The lowest BCUT2D eigenvalue weighted by Crippen LogP contribution is -1.84. The van der Waals surface area contributed by atoms with Gasteiger partial charge in [0.15, 0.2) is 10.8 Å². The number of rotatable bonds is 3. The molecule has 3 nitrogen and oxygen atoms in total. The van der Waals surface area contributed by atoms with Crippen LogP contribution in [-0.4, -0.2) is 16.7 Å². The predicted molar refractivity (Wildman–Crippen MR) is 55.3 cm³/mol. The normalized spacial score (nSPS) is 10.7. The number of aliphatic hydroxyl groups is 1. The highest BCUT2D eigenvalue weighted by Gasteiger charge is 2.07. The van der Waals surface area contributed by atoms with Crippen molar-refractivity contribution in [2.24, 2.45) is 0 Å². The molecule has 2 heterocycles. The molecule has 0 unspecified atom stereocenters. The quantitative estimate of drug-likeness (QED) is 0.843. The molecule has 0 bridgehead atoms. The van der Waals surface area contributed by atoms with Gasteiger partial charge in [-0.25, -0.2) is 4.98 Å². The predicted octanol–water partition coefficient (Wildman–Crippen LogP) is 2.25. The van der Waals surface area contributed by atoms with Gasteiger partial charge in [0.05, 0.1) is 0 Å². The monoisotopic (exact) mass is 209 g/mol. The molecule has 0 saturated carbocycles. The molecule has 0 saturated heterocycles. The maximum absolute atomic E-state index is 8.76. The van der Waals surface area contributed by atoms with Gasteiger partial charge in [-0.2, -0.15) is 0 Å². The molecule has 0 radical (unpaired) electrons. The first-order valence-corrected chi connectivity index (χ1v) is 5.23. The minimum absolute atomic E-state index is 0.165. The number of hydrogen-bond acceptors (Lipinski definition) is 4. The Morgan fingerprint density at radius 1 is 1.50 bits per heavy atom. The van der Waals surface area contributed by atoms with Crippen LogP contribution in [0.3, 0.4) is 0 Å². The minimum Gasteiger partial charge on any atom is -0.459 e. The fraction of sp³-hybridized carbons (Fsp3) is 0.300. The zero-order chi connectivity index (χ0) is 9.97. The van der Waals surface area contributed by atoms with Crippen molar-refractivity contribution in [1.82, 2.24) is 4.98 Å². The van der Waals surface area contributed by atoms with Crippen molar-refractivity contribution in [1.29, 1.82) is 0 Å². The average molecular weight is 209 g/mol. The fourth-order valence-electron chi connectivity index (χ4n) is 1.20. The Morgan fingerprint density at radius 2 is 2.36 bits per heavy atom. The Hall–Kier alpha value is -1.13. The van der Waals surface area contributed by atoms with Crippen LogP contribution in [0.2, 0.25) is 0 Å². The second kappa shape index (κ2) is 3.94. The van der Waals surface area contributed by atoms with E-state index in [2.05, 4.69) is 4.98 Å². The summed E-state index contributed by atoms with van der Waals surface area (Å²) < 4.78 is 5.45. The Kier molecular flexibility index (Phi) is 2.65. The summed E-state index contributed by atoms with van der Waals surface area (Å²) in [5, 5.41) is 9.64. The Labute approximate surface area is 86.0 Å². The molecule has 4 heteroatoms. The lowest BCUT2D eigenvalue weighted by atomic mass is 10.4. The van der Waals surface area contributed by atoms with Gasteiger partial charge in [-0.05, 0) is 19.1 Å². The van der Waals surface area contributed by atoms with E-state index in [1.807, 2.05) is 19.1 Å². The summed E-state index contributed by atoms with van der Waals surface area (Å²) in [6.45, 7) is 2.07. The summed E-state index contributed by atoms with van der Waals surface area (Å²) in [4.78, 5) is 5.31. The number of aliphatic hydroxyl groups excluding tert-OH is 1. The third-order valence-electron chi connectivity index (χ3n) is 1.86. The minimum atomic E-state index is 0.165. The van der Waals surface area contributed by atoms with Gasteiger partial charge in [0, 0.05) is 24.1 Å². The standard InChI is InChI=1S/C10H11NO2S/c1-7-2-3-9(13-7)10-11-6-8(14-10)4-5-12/h2-3,6,12H,4-5H2,1H3. The van der Waals surface area contributed by atoms with E-state index in [0.717, 1.165) is 21.4 Å². The van der Waals surface area contributed by atoms with Crippen LogP contribution in [0.1, 0.15) is 10.6 Å². The van der Waals surface area contributed by atoms with Gasteiger partial charge in [-0.1, -0.05) is 0 Å². The van der Waals surface area contributed by atoms with Crippen LogP contribution in [0.25, 0.3) is 10.8 Å². The van der Waals surface area contributed by atoms with Gasteiger partial charge in [0.2, 0.25) is 0 Å². The molecular formula is C10H11NO2S. The molecule has 0 amide bonds. The topological polar surface area (TPSA) is 46.3 Å². The van der Waals surface area contributed by atoms with Gasteiger partial charge in [0.1, 0.15) is 5.76 Å². The maximum atomic E-state index is 8.76. The van der Waals surface area contributed by atoms with E-state index in [1.165, 1.54) is 0 Å². The highest BCUT2D eigenvalue weighted by Crippen LogP contribution is 2.26. The Balaban J connectivity index is 2.24. The molecule has 0 aliphatic rings. The average Bonchev–Trinajstić information content (AvgIpc) is 2.74. The lowest BCUT2D eigenvalue weighted by Gasteiger charge is -1.88. The van der Waals surface area contributed by atoms with E-state index in [4.69, 9.17) is 9.52 Å². The summed E-state index contributed by atoms with van der Waals surface area (Å²) in [7, 11) is 0. The molecule has 0 fully saturated rings. The van der Waals surface area contributed by atoms with E-state index >= 15 is 0 Å². The van der Waals surface area contributed by atoms with Crippen molar-refractivity contribution in [3.8, 4) is 10.8 Å². The van der Waals surface area contributed by atoms with Crippen molar-refractivity contribution in [3.05, 3.63) is 29.0 Å². The van der Waals surface area contributed by atoms with Crippen LogP contribution >= 0.6 is 11.3 Å². The molecule has 0 aromatic carbocycles. The molecule has 0 spiro atoms. The molecular weight excluding hydrogens is 198 g/mol. The molecule has 2 aromatic rings. The highest BCUT2D eigenvalue weighted by molar-refractivity contribution is 7.14. The first-order valence-electron chi connectivity index (χ1n) is 4.42. The molecule has 0 atom stereocenters. The number of aryl methyl sites for hydroxylation is 1. The van der Waals surface area contributed by atoms with Crippen LogP contribution in [0.5, 0.6) is 0 Å². The van der Waals surface area contributed by atoms with E-state index in [1.54, 1.807) is 17.5 Å². The zero-order valence-corrected chi connectivity index (χ0v) is 8.67. The van der Waals surface area contributed by atoms with Crippen molar-refractivity contribution < 1.29 is 9.52 Å². The SMILES string of the molecule is Cc1ccc(-c2ncc(CCO)s2)o1.